The molecule has 2 aliphatic heterocycles. The van der Waals surface area contributed by atoms with E-state index in [1.165, 1.54) is 16.7 Å². The first-order valence-corrected chi connectivity index (χ1v) is 12.6. The predicted octanol–water partition coefficient (Wildman–Crippen LogP) is 5.34. The van der Waals surface area contributed by atoms with Crippen molar-refractivity contribution in [2.75, 3.05) is 23.0 Å². The Hall–Kier alpha value is -3.58. The molecular formula is C28H26N2O4S. The van der Waals surface area contributed by atoms with Crippen molar-refractivity contribution in [1.29, 1.82) is 0 Å². The van der Waals surface area contributed by atoms with E-state index in [0.717, 1.165) is 33.9 Å². The molecule has 0 saturated carbocycles. The maximum Gasteiger partial charge on any atom is 0.338 e. The van der Waals surface area contributed by atoms with E-state index < -0.39 is 12.0 Å². The summed E-state index contributed by atoms with van der Waals surface area (Å²) in [5.41, 5.74) is 3.44. The van der Waals surface area contributed by atoms with Crippen molar-refractivity contribution >= 4 is 40.9 Å². The van der Waals surface area contributed by atoms with Crippen LogP contribution in [0.4, 0.5) is 11.4 Å². The molecule has 5 rings (SSSR count). The average Bonchev–Trinajstić information content (AvgIpc) is 3.01. The highest BCUT2D eigenvalue weighted by atomic mass is 32.2. The molecule has 0 fully saturated rings. The van der Waals surface area contributed by atoms with Crippen LogP contribution in [0.15, 0.2) is 76.5 Å². The fraction of sp³-hybridized carbons (Fsp3) is 0.250. The summed E-state index contributed by atoms with van der Waals surface area (Å²) in [5, 5.41) is 0. The van der Waals surface area contributed by atoms with E-state index in [-0.39, 0.29) is 18.4 Å². The van der Waals surface area contributed by atoms with Crippen molar-refractivity contribution in [3.8, 4) is 0 Å². The van der Waals surface area contributed by atoms with E-state index in [0.29, 0.717) is 23.4 Å². The van der Waals surface area contributed by atoms with Crippen molar-refractivity contribution in [2.24, 2.45) is 0 Å². The summed E-state index contributed by atoms with van der Waals surface area (Å²) in [7, 11) is 0. The van der Waals surface area contributed by atoms with E-state index >= 15 is 0 Å². The van der Waals surface area contributed by atoms with Crippen LogP contribution in [0.25, 0.3) is 0 Å². The number of hydrogen-bond donors (Lipinski definition) is 0. The van der Waals surface area contributed by atoms with Gasteiger partial charge in [-0.1, -0.05) is 42.1 Å². The normalized spacial score (nSPS) is 15.4. The fourth-order valence-corrected chi connectivity index (χ4v) is 5.75. The second-order valence-electron chi connectivity index (χ2n) is 8.57. The maximum atomic E-state index is 13.9. The number of rotatable bonds is 4. The van der Waals surface area contributed by atoms with Crippen LogP contribution in [0.3, 0.4) is 0 Å². The lowest BCUT2D eigenvalue weighted by Gasteiger charge is -2.35. The van der Waals surface area contributed by atoms with Gasteiger partial charge >= 0.3 is 5.97 Å². The molecule has 35 heavy (non-hydrogen) atoms. The van der Waals surface area contributed by atoms with Gasteiger partial charge in [0, 0.05) is 22.0 Å². The first-order chi connectivity index (χ1) is 17.0. The first-order valence-electron chi connectivity index (χ1n) is 11.8. The number of anilines is 2. The summed E-state index contributed by atoms with van der Waals surface area (Å²) in [6.07, 6.45) is 1.79. The summed E-state index contributed by atoms with van der Waals surface area (Å²) in [5.74, 6) is -0.875. The van der Waals surface area contributed by atoms with Gasteiger partial charge in [-0.25, -0.2) is 4.79 Å². The number of hydrogen-bond acceptors (Lipinski definition) is 5. The van der Waals surface area contributed by atoms with E-state index in [1.807, 2.05) is 48.5 Å². The predicted molar refractivity (Wildman–Crippen MR) is 136 cm³/mol. The zero-order valence-corrected chi connectivity index (χ0v) is 20.5. The molecule has 2 amide bonds. The smallest absolute Gasteiger partial charge is 0.338 e. The fourth-order valence-electron chi connectivity index (χ4n) is 4.71. The number of amides is 2. The zero-order valence-electron chi connectivity index (χ0n) is 19.7. The molecule has 2 aliphatic rings. The highest BCUT2D eigenvalue weighted by molar-refractivity contribution is 7.99. The second kappa shape index (κ2) is 9.58. The second-order valence-corrected chi connectivity index (χ2v) is 9.66. The van der Waals surface area contributed by atoms with Gasteiger partial charge < -0.3 is 9.64 Å². The van der Waals surface area contributed by atoms with Crippen LogP contribution >= 0.6 is 11.8 Å². The molecule has 2 heterocycles. The van der Waals surface area contributed by atoms with Gasteiger partial charge in [0.05, 0.1) is 23.4 Å². The minimum atomic E-state index is -0.781. The molecule has 0 spiro atoms. The van der Waals surface area contributed by atoms with Gasteiger partial charge in [-0.15, -0.1) is 0 Å². The molecule has 0 saturated heterocycles. The van der Waals surface area contributed by atoms with Gasteiger partial charge in [-0.3, -0.25) is 14.5 Å². The average molecular weight is 487 g/mol. The van der Waals surface area contributed by atoms with Crippen molar-refractivity contribution in [3.05, 3.63) is 83.4 Å². The number of aryl methyl sites for hydroxylation is 1. The third kappa shape index (κ3) is 4.21. The van der Waals surface area contributed by atoms with Crippen molar-refractivity contribution in [2.45, 2.75) is 42.5 Å². The topological polar surface area (TPSA) is 66.9 Å². The lowest BCUT2D eigenvalue weighted by atomic mass is 10.0. The SMILES string of the molecule is CCOC(=O)c1ccc2c(c1)N([C@@H](C)C(=O)N1CCCc3ccccc31)C(=O)c1ccccc1S2. The summed E-state index contributed by atoms with van der Waals surface area (Å²) < 4.78 is 5.19. The largest absolute Gasteiger partial charge is 0.462 e. The van der Waals surface area contributed by atoms with E-state index in [2.05, 4.69) is 0 Å². The molecule has 0 N–H and O–H groups in total. The summed E-state index contributed by atoms with van der Waals surface area (Å²) in [6.45, 7) is 4.36. The van der Waals surface area contributed by atoms with Crippen molar-refractivity contribution in [3.63, 3.8) is 0 Å². The Balaban J connectivity index is 1.60. The van der Waals surface area contributed by atoms with E-state index in [9.17, 15) is 14.4 Å². The molecule has 0 bridgehead atoms. The number of ether oxygens (including phenoxy) is 1. The van der Waals surface area contributed by atoms with Crippen LogP contribution in [-0.4, -0.2) is 37.0 Å². The summed E-state index contributed by atoms with van der Waals surface area (Å²) in [4.78, 5) is 45.2. The minimum Gasteiger partial charge on any atom is -0.462 e. The van der Waals surface area contributed by atoms with Crippen LogP contribution in [0.5, 0.6) is 0 Å². The first kappa shape index (κ1) is 23.2. The Bertz CT molecular complexity index is 1320. The molecule has 0 aromatic heterocycles. The number of esters is 1. The van der Waals surface area contributed by atoms with Crippen LogP contribution in [-0.2, 0) is 16.0 Å². The molecule has 0 radical (unpaired) electrons. The number of benzene rings is 3. The lowest BCUT2D eigenvalue weighted by Crippen LogP contribution is -2.51. The van der Waals surface area contributed by atoms with Gasteiger partial charge in [0.2, 0.25) is 5.91 Å². The number of para-hydroxylation sites is 1. The molecule has 178 valence electrons. The number of nitrogens with zero attached hydrogens (tertiary/aromatic N) is 2. The number of carbonyl (C=O) groups excluding carboxylic acids is 3. The van der Waals surface area contributed by atoms with Crippen LogP contribution in [0.2, 0.25) is 0 Å². The van der Waals surface area contributed by atoms with Gasteiger partial charge in [0.25, 0.3) is 5.91 Å². The molecule has 3 aromatic carbocycles. The van der Waals surface area contributed by atoms with Crippen LogP contribution < -0.4 is 9.80 Å². The lowest BCUT2D eigenvalue weighted by molar-refractivity contribution is -0.119. The Kier molecular flexibility index (Phi) is 6.34. The molecule has 7 heteroatoms. The Labute approximate surface area is 208 Å². The van der Waals surface area contributed by atoms with Crippen LogP contribution in [0, 0.1) is 0 Å². The standard InChI is InChI=1S/C28H26N2O4S/c1-3-34-28(33)20-14-15-25-23(17-20)30(27(32)21-11-5-7-13-24(21)35-25)18(2)26(31)29-16-8-10-19-9-4-6-12-22(19)29/h4-7,9,11-15,17-18H,3,8,10,16H2,1-2H3/t18-/m0/s1. The molecule has 3 aromatic rings. The van der Waals surface area contributed by atoms with Crippen molar-refractivity contribution in [1.82, 2.24) is 0 Å². The third-order valence-electron chi connectivity index (χ3n) is 6.41. The van der Waals surface area contributed by atoms with Crippen molar-refractivity contribution < 1.29 is 19.1 Å². The van der Waals surface area contributed by atoms with Gasteiger partial charge in [-0.05, 0) is 68.7 Å². The Morgan fingerprint density at radius 3 is 2.60 bits per heavy atom. The summed E-state index contributed by atoms with van der Waals surface area (Å²) >= 11 is 1.46. The minimum absolute atomic E-state index is 0.151. The molecule has 6 nitrogen and oxygen atoms in total. The van der Waals surface area contributed by atoms with Gasteiger partial charge in [0.15, 0.2) is 0 Å². The monoisotopic (exact) mass is 486 g/mol. The quantitative estimate of drug-likeness (QED) is 0.466. The highest BCUT2D eigenvalue weighted by Crippen LogP contribution is 2.43. The Morgan fingerprint density at radius 2 is 1.77 bits per heavy atom. The maximum absolute atomic E-state index is 13.9. The summed E-state index contributed by atoms with van der Waals surface area (Å²) in [6, 6.07) is 19.7. The van der Waals surface area contributed by atoms with E-state index in [1.54, 1.807) is 36.9 Å². The molecular weight excluding hydrogens is 460 g/mol. The molecule has 0 unspecified atom stereocenters. The van der Waals surface area contributed by atoms with Gasteiger partial charge in [-0.2, -0.15) is 0 Å². The zero-order chi connectivity index (χ0) is 24.5. The highest BCUT2D eigenvalue weighted by Gasteiger charge is 2.37. The Morgan fingerprint density at radius 1 is 1.00 bits per heavy atom. The van der Waals surface area contributed by atoms with Crippen LogP contribution in [0.1, 0.15) is 46.5 Å². The van der Waals surface area contributed by atoms with Gasteiger partial charge in [0.1, 0.15) is 6.04 Å². The third-order valence-corrected chi connectivity index (χ3v) is 7.55. The number of carbonyl (C=O) groups is 3. The molecule has 1 atom stereocenters. The molecule has 0 aliphatic carbocycles. The number of fused-ring (bicyclic) bond motifs is 3. The van der Waals surface area contributed by atoms with E-state index in [4.69, 9.17) is 4.74 Å².